The van der Waals surface area contributed by atoms with Crippen LogP contribution in [-0.4, -0.2) is 19.9 Å². The van der Waals surface area contributed by atoms with Gasteiger partial charge in [-0.25, -0.2) is 13.1 Å². The van der Waals surface area contributed by atoms with E-state index in [9.17, 15) is 13.2 Å². The van der Waals surface area contributed by atoms with Gasteiger partial charge in [0.05, 0.1) is 20.6 Å². The first-order valence-electron chi connectivity index (χ1n) is 7.81. The number of nitrogens with one attached hydrogen (secondary N) is 2. The third-order valence-electron chi connectivity index (χ3n) is 3.40. The van der Waals surface area contributed by atoms with E-state index in [2.05, 4.69) is 10.0 Å². The van der Waals surface area contributed by atoms with E-state index in [4.69, 9.17) is 23.2 Å². The lowest BCUT2D eigenvalue weighted by Gasteiger charge is -2.20. The first kappa shape index (κ1) is 20.7. The first-order chi connectivity index (χ1) is 11.9. The van der Waals surface area contributed by atoms with Gasteiger partial charge in [0.1, 0.15) is 0 Å². The zero-order valence-corrected chi connectivity index (χ0v) is 17.2. The van der Waals surface area contributed by atoms with E-state index in [0.29, 0.717) is 16.3 Å². The number of sulfonamides is 1. The molecule has 0 saturated carbocycles. The number of carbonyl (C=O) groups excluding carboxylic acids is 1. The molecule has 2 aromatic carbocycles. The van der Waals surface area contributed by atoms with Crippen molar-refractivity contribution in [2.24, 2.45) is 0 Å². The largest absolute Gasteiger partial charge is 0.321 e. The fraction of sp³-hybridized carbons (Fsp3) is 0.278. The van der Waals surface area contributed by atoms with Gasteiger partial charge in [0.15, 0.2) is 0 Å². The summed E-state index contributed by atoms with van der Waals surface area (Å²) in [6.45, 7) is 6.95. The lowest BCUT2D eigenvalue weighted by molar-refractivity contribution is 0.102. The maximum Gasteiger partial charge on any atom is 0.256 e. The van der Waals surface area contributed by atoms with Crippen LogP contribution in [0.2, 0.25) is 10.0 Å². The smallest absolute Gasteiger partial charge is 0.256 e. The molecule has 2 N–H and O–H groups in total. The molecule has 140 valence electrons. The van der Waals surface area contributed by atoms with E-state index in [1.54, 1.807) is 52.0 Å². The zero-order valence-electron chi connectivity index (χ0n) is 14.9. The van der Waals surface area contributed by atoms with E-state index < -0.39 is 21.5 Å². The van der Waals surface area contributed by atoms with Crippen molar-refractivity contribution >= 4 is 44.8 Å². The van der Waals surface area contributed by atoms with Crippen molar-refractivity contribution in [1.82, 2.24) is 4.72 Å². The second kappa shape index (κ2) is 7.56. The van der Waals surface area contributed by atoms with Crippen molar-refractivity contribution in [2.45, 2.75) is 38.1 Å². The quantitative estimate of drug-likeness (QED) is 0.765. The fourth-order valence-corrected chi connectivity index (χ4v) is 4.06. The highest BCUT2D eigenvalue weighted by Crippen LogP contribution is 2.30. The molecule has 26 heavy (non-hydrogen) atoms. The number of hydrogen-bond acceptors (Lipinski definition) is 3. The van der Waals surface area contributed by atoms with Crippen LogP contribution in [-0.2, 0) is 10.0 Å². The second-order valence-corrected chi connectivity index (χ2v) is 9.36. The highest BCUT2D eigenvalue weighted by molar-refractivity contribution is 7.89. The Bertz CT molecular complexity index is 951. The molecule has 0 spiro atoms. The van der Waals surface area contributed by atoms with E-state index in [0.717, 1.165) is 0 Å². The average Bonchev–Trinajstić information content (AvgIpc) is 2.49. The molecule has 0 aliphatic carbocycles. The van der Waals surface area contributed by atoms with Crippen LogP contribution in [0.3, 0.4) is 0 Å². The summed E-state index contributed by atoms with van der Waals surface area (Å²) in [7, 11) is -3.76. The number of carbonyl (C=O) groups is 1. The molecule has 5 nitrogen and oxygen atoms in total. The number of amides is 1. The van der Waals surface area contributed by atoms with E-state index in [1.807, 2.05) is 0 Å². The summed E-state index contributed by atoms with van der Waals surface area (Å²) in [5.41, 5.74) is 0.582. The molecule has 0 fully saturated rings. The topological polar surface area (TPSA) is 75.3 Å². The van der Waals surface area contributed by atoms with Crippen LogP contribution in [0, 0.1) is 6.92 Å². The predicted octanol–water partition coefficient (Wildman–Crippen LogP) is 4.63. The van der Waals surface area contributed by atoms with Crippen LogP contribution in [0.4, 0.5) is 5.69 Å². The minimum atomic E-state index is -3.76. The lowest BCUT2D eigenvalue weighted by atomic mass is 10.1. The molecule has 0 unspecified atom stereocenters. The van der Waals surface area contributed by atoms with Gasteiger partial charge in [0.2, 0.25) is 10.0 Å². The molecule has 0 atom stereocenters. The van der Waals surface area contributed by atoms with Gasteiger partial charge in [-0.3, -0.25) is 4.79 Å². The molecule has 0 aliphatic heterocycles. The number of benzene rings is 2. The third kappa shape index (κ3) is 4.98. The Morgan fingerprint density at radius 3 is 2.35 bits per heavy atom. The number of rotatable bonds is 4. The van der Waals surface area contributed by atoms with Crippen LogP contribution >= 0.6 is 23.2 Å². The molecule has 0 saturated heterocycles. The number of halogens is 2. The van der Waals surface area contributed by atoms with E-state index >= 15 is 0 Å². The monoisotopic (exact) mass is 414 g/mol. The predicted molar refractivity (Wildman–Crippen MR) is 106 cm³/mol. The van der Waals surface area contributed by atoms with Crippen molar-refractivity contribution in [2.75, 3.05) is 5.32 Å². The van der Waals surface area contributed by atoms with Gasteiger partial charge in [-0.1, -0.05) is 35.3 Å². The molecular formula is C18H20Cl2N2O3S. The third-order valence-corrected chi connectivity index (χ3v) is 5.98. The Hall–Kier alpha value is -1.60. The highest BCUT2D eigenvalue weighted by Gasteiger charge is 2.23. The summed E-state index contributed by atoms with van der Waals surface area (Å²) in [4.78, 5) is 12.6. The molecule has 0 bridgehead atoms. The van der Waals surface area contributed by atoms with Crippen molar-refractivity contribution < 1.29 is 13.2 Å². The molecule has 0 aliphatic rings. The Labute approximate surface area is 163 Å². The first-order valence-corrected chi connectivity index (χ1v) is 10.0. The van der Waals surface area contributed by atoms with Crippen molar-refractivity contribution in [1.29, 1.82) is 0 Å². The summed E-state index contributed by atoms with van der Waals surface area (Å²) in [6, 6.07) is 9.28. The van der Waals surface area contributed by atoms with Gasteiger partial charge in [-0.15, -0.1) is 0 Å². The molecule has 8 heteroatoms. The van der Waals surface area contributed by atoms with Crippen molar-refractivity contribution in [3.63, 3.8) is 0 Å². The van der Waals surface area contributed by atoms with Crippen LogP contribution in [0.1, 0.15) is 36.7 Å². The Morgan fingerprint density at radius 1 is 1.08 bits per heavy atom. The molecule has 0 heterocycles. The summed E-state index contributed by atoms with van der Waals surface area (Å²) < 4.78 is 27.6. The second-order valence-electron chi connectivity index (χ2n) is 6.89. The Kier molecular flexibility index (Phi) is 6.02. The molecule has 0 aromatic heterocycles. The average molecular weight is 415 g/mol. The van der Waals surface area contributed by atoms with Crippen molar-refractivity contribution in [3.05, 3.63) is 57.6 Å². The molecule has 2 rings (SSSR count). The SMILES string of the molecule is Cc1ccc(S(=O)(=O)NC(C)(C)C)cc1C(=O)Nc1cccc(Cl)c1Cl. The van der Waals surface area contributed by atoms with Crippen molar-refractivity contribution in [3.8, 4) is 0 Å². The number of aryl methyl sites for hydroxylation is 1. The van der Waals surface area contributed by atoms with Gasteiger partial charge >= 0.3 is 0 Å². The number of hydrogen-bond donors (Lipinski definition) is 2. The summed E-state index contributed by atoms with van der Waals surface area (Å²) in [6.07, 6.45) is 0. The van der Waals surface area contributed by atoms with Crippen LogP contribution in [0.15, 0.2) is 41.3 Å². The molecule has 1 amide bonds. The van der Waals surface area contributed by atoms with Gasteiger partial charge < -0.3 is 5.32 Å². The summed E-state index contributed by atoms with van der Waals surface area (Å²) in [5, 5.41) is 3.20. The minimum absolute atomic E-state index is 0.0142. The van der Waals surface area contributed by atoms with Gasteiger partial charge in [-0.05, 0) is 57.5 Å². The van der Waals surface area contributed by atoms with E-state index in [1.165, 1.54) is 12.1 Å². The van der Waals surface area contributed by atoms with Gasteiger partial charge in [0, 0.05) is 11.1 Å². The Balaban J connectivity index is 2.38. The van der Waals surface area contributed by atoms with Gasteiger partial charge in [-0.2, -0.15) is 0 Å². The summed E-state index contributed by atoms with van der Waals surface area (Å²) in [5.74, 6) is -0.473. The summed E-state index contributed by atoms with van der Waals surface area (Å²) >= 11 is 12.0. The minimum Gasteiger partial charge on any atom is -0.321 e. The zero-order chi connectivity index (χ0) is 19.7. The normalized spacial score (nSPS) is 12.1. The Morgan fingerprint density at radius 2 is 1.73 bits per heavy atom. The maximum atomic E-state index is 12.6. The fourth-order valence-electron chi connectivity index (χ4n) is 2.26. The standard InChI is InChI=1S/C18H20Cl2N2O3S/c1-11-8-9-12(26(24,25)22-18(2,3)4)10-13(11)17(23)21-15-7-5-6-14(19)16(15)20/h5-10,22H,1-4H3,(H,21,23). The van der Waals surface area contributed by atoms with Crippen LogP contribution in [0.5, 0.6) is 0 Å². The van der Waals surface area contributed by atoms with Gasteiger partial charge in [0.25, 0.3) is 5.91 Å². The number of anilines is 1. The molecule has 2 aromatic rings. The van der Waals surface area contributed by atoms with Crippen LogP contribution in [0.25, 0.3) is 0 Å². The maximum absolute atomic E-state index is 12.6. The van der Waals surface area contributed by atoms with Crippen LogP contribution < -0.4 is 10.0 Å². The molecular weight excluding hydrogens is 395 g/mol. The van der Waals surface area contributed by atoms with E-state index in [-0.39, 0.29) is 15.5 Å². The highest BCUT2D eigenvalue weighted by atomic mass is 35.5. The molecule has 0 radical (unpaired) electrons. The lowest BCUT2D eigenvalue weighted by Crippen LogP contribution is -2.40.